The van der Waals surface area contributed by atoms with Crippen LogP contribution < -0.4 is 5.32 Å². The van der Waals surface area contributed by atoms with Crippen LogP contribution in [0.4, 0.5) is 5.69 Å². The monoisotopic (exact) mass is 281 g/mol. The first-order valence-electron chi connectivity index (χ1n) is 7.71. The molecule has 0 spiro atoms. The first kappa shape index (κ1) is 13.9. The van der Waals surface area contributed by atoms with Crippen LogP contribution in [0.25, 0.3) is 11.3 Å². The fraction of sp³-hybridized carbons (Fsp3) is 0.389. The number of aromatic nitrogens is 2. The Bertz CT molecular complexity index is 613. The normalized spacial score (nSPS) is 21.9. The molecular weight excluding hydrogens is 258 g/mol. The number of H-pyrrole nitrogens is 1. The third kappa shape index (κ3) is 3.54. The van der Waals surface area contributed by atoms with Crippen LogP contribution in [0.3, 0.4) is 0 Å². The van der Waals surface area contributed by atoms with E-state index in [1.165, 1.54) is 29.7 Å². The van der Waals surface area contributed by atoms with Crippen molar-refractivity contribution in [3.05, 3.63) is 48.2 Å². The molecular formula is C18H23N3. The maximum Gasteiger partial charge on any atom is 0.0650 e. The Kier molecular flexibility index (Phi) is 4.09. The van der Waals surface area contributed by atoms with Gasteiger partial charge in [-0.1, -0.05) is 30.7 Å². The van der Waals surface area contributed by atoms with Crippen LogP contribution in [-0.4, -0.2) is 16.7 Å². The molecule has 1 heterocycles. The van der Waals surface area contributed by atoms with E-state index < -0.39 is 0 Å². The van der Waals surface area contributed by atoms with Crippen LogP contribution in [0.5, 0.6) is 0 Å². The van der Waals surface area contributed by atoms with E-state index in [2.05, 4.69) is 59.7 Å². The zero-order valence-corrected chi connectivity index (χ0v) is 12.8. The smallest absolute Gasteiger partial charge is 0.0650 e. The lowest BCUT2D eigenvalue weighted by Gasteiger charge is -2.26. The van der Waals surface area contributed by atoms with Gasteiger partial charge in [0.25, 0.3) is 0 Å². The van der Waals surface area contributed by atoms with E-state index in [9.17, 15) is 0 Å². The summed E-state index contributed by atoms with van der Waals surface area (Å²) < 4.78 is 0. The van der Waals surface area contributed by atoms with Gasteiger partial charge in [-0.3, -0.25) is 5.10 Å². The molecule has 0 bridgehead atoms. The number of hydrogen-bond donors (Lipinski definition) is 2. The van der Waals surface area contributed by atoms with Crippen molar-refractivity contribution in [1.29, 1.82) is 0 Å². The molecule has 1 aliphatic rings. The Balaban J connectivity index is 1.63. The third-order valence-electron chi connectivity index (χ3n) is 4.15. The molecule has 0 saturated carbocycles. The first-order chi connectivity index (χ1) is 10.2. The highest BCUT2D eigenvalue weighted by Gasteiger charge is 2.17. The highest BCUT2D eigenvalue weighted by molar-refractivity contribution is 5.64. The van der Waals surface area contributed by atoms with Gasteiger partial charge >= 0.3 is 0 Å². The quantitative estimate of drug-likeness (QED) is 0.811. The van der Waals surface area contributed by atoms with Gasteiger partial charge in [-0.05, 0) is 49.8 Å². The molecule has 1 aromatic heterocycles. The summed E-state index contributed by atoms with van der Waals surface area (Å²) in [4.78, 5) is 0. The summed E-state index contributed by atoms with van der Waals surface area (Å²) in [5, 5.41) is 10.6. The largest absolute Gasteiger partial charge is 0.385 e. The van der Waals surface area contributed by atoms with Crippen molar-refractivity contribution in [2.75, 3.05) is 11.9 Å². The van der Waals surface area contributed by atoms with Gasteiger partial charge in [0.2, 0.25) is 0 Å². The van der Waals surface area contributed by atoms with Crippen molar-refractivity contribution in [3.8, 4) is 11.3 Å². The average molecular weight is 281 g/mol. The van der Waals surface area contributed by atoms with Crippen LogP contribution in [0, 0.1) is 11.8 Å². The van der Waals surface area contributed by atoms with Gasteiger partial charge in [0, 0.05) is 24.0 Å². The third-order valence-corrected chi connectivity index (χ3v) is 4.15. The van der Waals surface area contributed by atoms with Crippen molar-refractivity contribution >= 4 is 5.69 Å². The fourth-order valence-corrected chi connectivity index (χ4v) is 3.32. The summed E-state index contributed by atoms with van der Waals surface area (Å²) in [6.07, 6.45) is 6.70. The molecule has 0 saturated heterocycles. The molecule has 2 unspecified atom stereocenters. The standard InChI is InChI=1S/C18H23N3/c1-13-8-14(2)10-15(9-13)12-19-17-5-3-4-16(11-17)18-6-7-20-21-18/h3-8,11,13,15,19H,9-10,12H2,1-2H3,(H,20,21). The lowest BCUT2D eigenvalue weighted by molar-refractivity contribution is 0.421. The number of hydrogen-bond acceptors (Lipinski definition) is 2. The number of allylic oxidation sites excluding steroid dienone is 2. The minimum absolute atomic E-state index is 0.710. The van der Waals surface area contributed by atoms with Crippen molar-refractivity contribution in [3.63, 3.8) is 0 Å². The minimum atomic E-state index is 0.710. The van der Waals surface area contributed by atoms with E-state index in [1.54, 1.807) is 6.20 Å². The van der Waals surface area contributed by atoms with Gasteiger partial charge < -0.3 is 5.32 Å². The second-order valence-electron chi connectivity index (χ2n) is 6.23. The number of nitrogens with one attached hydrogen (secondary N) is 2. The summed E-state index contributed by atoms with van der Waals surface area (Å²) in [5.41, 5.74) is 4.95. The van der Waals surface area contributed by atoms with Crippen LogP contribution >= 0.6 is 0 Å². The summed E-state index contributed by atoms with van der Waals surface area (Å²) >= 11 is 0. The van der Waals surface area contributed by atoms with E-state index in [-0.39, 0.29) is 0 Å². The SMILES string of the molecule is CC1=CC(C)CC(CNc2cccc(-c3ccn[nH]3)c2)C1. The Morgan fingerprint density at radius 1 is 1.33 bits per heavy atom. The minimum Gasteiger partial charge on any atom is -0.385 e. The van der Waals surface area contributed by atoms with Crippen molar-refractivity contribution < 1.29 is 0 Å². The molecule has 0 radical (unpaired) electrons. The molecule has 0 amide bonds. The van der Waals surface area contributed by atoms with Crippen LogP contribution in [0.2, 0.25) is 0 Å². The van der Waals surface area contributed by atoms with Crippen molar-refractivity contribution in [2.24, 2.45) is 11.8 Å². The molecule has 3 nitrogen and oxygen atoms in total. The Labute approximate surface area is 126 Å². The number of benzene rings is 1. The molecule has 3 rings (SSSR count). The van der Waals surface area contributed by atoms with Crippen LogP contribution in [-0.2, 0) is 0 Å². The first-order valence-corrected chi connectivity index (χ1v) is 7.71. The average Bonchev–Trinajstić information content (AvgIpc) is 2.99. The predicted molar refractivity (Wildman–Crippen MR) is 88.2 cm³/mol. The van der Waals surface area contributed by atoms with Gasteiger partial charge in [-0.15, -0.1) is 0 Å². The topological polar surface area (TPSA) is 40.7 Å². The lowest BCUT2D eigenvalue weighted by atomic mass is 9.84. The highest BCUT2D eigenvalue weighted by Crippen LogP contribution is 2.28. The molecule has 110 valence electrons. The van der Waals surface area contributed by atoms with E-state index in [0.717, 1.165) is 18.2 Å². The van der Waals surface area contributed by atoms with Gasteiger partial charge in [-0.25, -0.2) is 0 Å². The molecule has 0 aliphatic heterocycles. The Morgan fingerprint density at radius 2 is 2.24 bits per heavy atom. The Hall–Kier alpha value is -2.03. The van der Waals surface area contributed by atoms with Crippen molar-refractivity contribution in [2.45, 2.75) is 26.7 Å². The zero-order chi connectivity index (χ0) is 14.7. The maximum absolute atomic E-state index is 4.01. The summed E-state index contributed by atoms with van der Waals surface area (Å²) in [6.45, 7) is 5.61. The second-order valence-corrected chi connectivity index (χ2v) is 6.23. The highest BCUT2D eigenvalue weighted by atomic mass is 15.1. The van der Waals surface area contributed by atoms with E-state index in [0.29, 0.717) is 5.92 Å². The number of nitrogens with zero attached hydrogens (tertiary/aromatic N) is 1. The molecule has 2 aromatic rings. The van der Waals surface area contributed by atoms with Gasteiger partial charge in [0.1, 0.15) is 0 Å². The molecule has 3 heteroatoms. The zero-order valence-electron chi connectivity index (χ0n) is 12.8. The number of rotatable bonds is 4. The summed E-state index contributed by atoms with van der Waals surface area (Å²) in [5.74, 6) is 1.45. The number of anilines is 1. The summed E-state index contributed by atoms with van der Waals surface area (Å²) in [6, 6.07) is 10.5. The molecule has 2 N–H and O–H groups in total. The van der Waals surface area contributed by atoms with Crippen LogP contribution in [0.15, 0.2) is 48.2 Å². The number of aromatic amines is 1. The van der Waals surface area contributed by atoms with E-state index in [1.807, 2.05) is 6.07 Å². The van der Waals surface area contributed by atoms with Crippen molar-refractivity contribution in [1.82, 2.24) is 10.2 Å². The van der Waals surface area contributed by atoms with Gasteiger partial charge in [0.15, 0.2) is 0 Å². The Morgan fingerprint density at radius 3 is 3.00 bits per heavy atom. The molecule has 0 fully saturated rings. The predicted octanol–water partition coefficient (Wildman–Crippen LogP) is 4.48. The molecule has 2 atom stereocenters. The van der Waals surface area contributed by atoms with E-state index >= 15 is 0 Å². The second kappa shape index (κ2) is 6.17. The molecule has 1 aliphatic carbocycles. The summed E-state index contributed by atoms with van der Waals surface area (Å²) in [7, 11) is 0. The van der Waals surface area contributed by atoms with E-state index in [4.69, 9.17) is 0 Å². The van der Waals surface area contributed by atoms with Gasteiger partial charge in [-0.2, -0.15) is 5.10 Å². The maximum atomic E-state index is 4.01. The van der Waals surface area contributed by atoms with Gasteiger partial charge in [0.05, 0.1) is 5.69 Å². The lowest BCUT2D eigenvalue weighted by Crippen LogP contribution is -2.20. The fourth-order valence-electron chi connectivity index (χ4n) is 3.32. The molecule has 1 aromatic carbocycles. The van der Waals surface area contributed by atoms with Crippen LogP contribution in [0.1, 0.15) is 26.7 Å². The molecule has 21 heavy (non-hydrogen) atoms.